The van der Waals surface area contributed by atoms with Gasteiger partial charge in [0.1, 0.15) is 0 Å². The average Bonchev–Trinajstić information content (AvgIpc) is 2.61. The molecule has 0 fully saturated rings. The fourth-order valence-electron chi connectivity index (χ4n) is 2.61. The molecular formula is C18H18BrN2O5+. The molecular weight excluding hydrogens is 404 g/mol. The summed E-state index contributed by atoms with van der Waals surface area (Å²) in [5.41, 5.74) is 0.991. The number of benzene rings is 2. The largest absolute Gasteiger partial charge is 0.490 e. The molecule has 3 aromatic rings. The molecule has 1 heterocycles. The smallest absolute Gasteiger partial charge is 0.311 e. The Morgan fingerprint density at radius 2 is 1.85 bits per heavy atom. The predicted octanol–water partition coefficient (Wildman–Crippen LogP) is 2.68. The highest BCUT2D eigenvalue weighted by atomic mass is 79.9. The maximum absolute atomic E-state index is 12.5. The van der Waals surface area contributed by atoms with Crippen molar-refractivity contribution >= 4 is 39.4 Å². The minimum atomic E-state index is -0.555. The van der Waals surface area contributed by atoms with E-state index < -0.39 is 4.92 Å². The summed E-state index contributed by atoms with van der Waals surface area (Å²) in [6.45, 7) is 0.102. The standard InChI is InChI=1S/C18H15N2O4.BrH.H2O/c1-24-18-9-8-14(11-16(18)20(22)23)17(21)12-19-10-4-6-13-5-2-3-7-15(13)19;;/h2-11H,12H2,1H3;1H;1H2/q+1;;. The molecule has 3 rings (SSSR count). The zero-order chi connectivity index (χ0) is 17.1. The Balaban J connectivity index is 0.00000169. The van der Waals surface area contributed by atoms with Gasteiger partial charge in [-0.05, 0) is 24.3 Å². The number of nitro groups is 1. The van der Waals surface area contributed by atoms with Crippen molar-refractivity contribution < 1.29 is 24.5 Å². The van der Waals surface area contributed by atoms with E-state index in [1.807, 2.05) is 47.2 Å². The van der Waals surface area contributed by atoms with Crippen LogP contribution < -0.4 is 9.30 Å². The third-order valence-electron chi connectivity index (χ3n) is 3.80. The molecule has 0 unspecified atom stereocenters. The van der Waals surface area contributed by atoms with Crippen molar-refractivity contribution in [3.63, 3.8) is 0 Å². The van der Waals surface area contributed by atoms with Gasteiger partial charge in [0, 0.05) is 29.1 Å². The van der Waals surface area contributed by atoms with E-state index in [0.717, 1.165) is 10.9 Å². The first-order valence-electron chi connectivity index (χ1n) is 7.33. The summed E-state index contributed by atoms with van der Waals surface area (Å²) in [5.74, 6) is -0.0727. The number of carbonyl (C=O) groups is 1. The summed E-state index contributed by atoms with van der Waals surface area (Å²) in [6.07, 6.45) is 1.82. The van der Waals surface area contributed by atoms with Crippen molar-refractivity contribution in [2.24, 2.45) is 0 Å². The SMILES string of the molecule is Br.COc1ccc(C(=O)C[n+]2cccc3ccccc32)cc1[N+](=O)[O-].O. The van der Waals surface area contributed by atoms with E-state index in [1.165, 1.54) is 19.2 Å². The number of pyridine rings is 1. The molecule has 0 aliphatic heterocycles. The Morgan fingerprint density at radius 1 is 1.15 bits per heavy atom. The molecule has 136 valence electrons. The normalized spacial score (nSPS) is 9.73. The van der Waals surface area contributed by atoms with Gasteiger partial charge in [-0.3, -0.25) is 14.9 Å². The van der Waals surface area contributed by atoms with Gasteiger partial charge in [-0.25, -0.2) is 0 Å². The third kappa shape index (κ3) is 4.22. The number of halogens is 1. The topological polar surface area (TPSA) is 105 Å². The Morgan fingerprint density at radius 3 is 2.54 bits per heavy atom. The fourth-order valence-corrected chi connectivity index (χ4v) is 2.61. The molecule has 7 nitrogen and oxygen atoms in total. The number of rotatable bonds is 5. The number of aromatic nitrogens is 1. The number of fused-ring (bicyclic) bond motifs is 1. The molecule has 0 amide bonds. The molecule has 0 radical (unpaired) electrons. The van der Waals surface area contributed by atoms with E-state index in [4.69, 9.17) is 4.74 Å². The summed E-state index contributed by atoms with van der Waals surface area (Å²) in [5, 5.41) is 12.1. The molecule has 0 aliphatic carbocycles. The van der Waals surface area contributed by atoms with Gasteiger partial charge in [0.05, 0.1) is 12.0 Å². The number of ketones is 1. The van der Waals surface area contributed by atoms with Crippen molar-refractivity contribution in [3.05, 3.63) is 76.5 Å². The van der Waals surface area contributed by atoms with Gasteiger partial charge < -0.3 is 10.2 Å². The van der Waals surface area contributed by atoms with Crippen molar-refractivity contribution in [2.75, 3.05) is 7.11 Å². The van der Waals surface area contributed by atoms with Crippen LogP contribution in [0.3, 0.4) is 0 Å². The first-order chi connectivity index (χ1) is 11.6. The van der Waals surface area contributed by atoms with Crippen molar-refractivity contribution in [2.45, 2.75) is 6.54 Å². The highest BCUT2D eigenvalue weighted by Gasteiger charge is 2.21. The number of ether oxygens (including phenoxy) is 1. The molecule has 1 aromatic heterocycles. The monoisotopic (exact) mass is 421 g/mol. The number of para-hydroxylation sites is 1. The van der Waals surface area contributed by atoms with Gasteiger partial charge in [0.2, 0.25) is 17.8 Å². The summed E-state index contributed by atoms with van der Waals surface area (Å²) < 4.78 is 6.79. The summed E-state index contributed by atoms with van der Waals surface area (Å²) in [4.78, 5) is 23.1. The van der Waals surface area contributed by atoms with Crippen LogP contribution >= 0.6 is 17.0 Å². The van der Waals surface area contributed by atoms with Gasteiger partial charge in [-0.2, -0.15) is 4.57 Å². The van der Waals surface area contributed by atoms with Gasteiger partial charge >= 0.3 is 5.69 Å². The number of methoxy groups -OCH3 is 1. The Kier molecular flexibility index (Phi) is 7.36. The Labute approximate surface area is 160 Å². The lowest BCUT2D eigenvalue weighted by atomic mass is 10.1. The van der Waals surface area contributed by atoms with E-state index in [2.05, 4.69) is 0 Å². The summed E-state index contributed by atoms with van der Waals surface area (Å²) >= 11 is 0. The zero-order valence-corrected chi connectivity index (χ0v) is 15.6. The van der Waals surface area contributed by atoms with Crippen LogP contribution in [0.15, 0.2) is 60.8 Å². The van der Waals surface area contributed by atoms with E-state index >= 15 is 0 Å². The van der Waals surface area contributed by atoms with E-state index in [0.29, 0.717) is 0 Å². The van der Waals surface area contributed by atoms with Gasteiger partial charge in [0.15, 0.2) is 11.9 Å². The van der Waals surface area contributed by atoms with Crippen LogP contribution in [0.2, 0.25) is 0 Å². The first-order valence-corrected chi connectivity index (χ1v) is 7.33. The number of carbonyl (C=O) groups excluding carboxylic acids is 1. The maximum Gasteiger partial charge on any atom is 0.311 e. The minimum absolute atomic E-state index is 0. The van der Waals surface area contributed by atoms with Crippen LogP contribution in [0, 0.1) is 10.1 Å². The van der Waals surface area contributed by atoms with Crippen LogP contribution in [0.5, 0.6) is 5.75 Å². The molecule has 0 saturated heterocycles. The molecule has 0 spiro atoms. The highest BCUT2D eigenvalue weighted by Crippen LogP contribution is 2.27. The first kappa shape index (κ1) is 21.2. The molecule has 0 bridgehead atoms. The molecule has 8 heteroatoms. The lowest BCUT2D eigenvalue weighted by molar-refractivity contribution is -0.657. The van der Waals surface area contributed by atoms with E-state index in [1.54, 1.807) is 6.07 Å². The van der Waals surface area contributed by atoms with Crippen molar-refractivity contribution in [3.8, 4) is 5.75 Å². The molecule has 2 aromatic carbocycles. The second-order valence-corrected chi connectivity index (χ2v) is 5.26. The molecule has 0 saturated carbocycles. The second-order valence-electron chi connectivity index (χ2n) is 5.26. The quantitative estimate of drug-likeness (QED) is 0.273. The molecule has 2 N–H and O–H groups in total. The lowest BCUT2D eigenvalue weighted by Gasteiger charge is -2.04. The van der Waals surface area contributed by atoms with Crippen LogP contribution in [-0.2, 0) is 6.54 Å². The van der Waals surface area contributed by atoms with Crippen molar-refractivity contribution in [1.29, 1.82) is 0 Å². The van der Waals surface area contributed by atoms with Crippen LogP contribution in [-0.4, -0.2) is 23.3 Å². The molecule has 0 aliphatic rings. The number of Topliss-reactive ketones (excluding diaryl/α,β-unsaturated/α-hetero) is 1. The summed E-state index contributed by atoms with van der Waals surface area (Å²) in [7, 11) is 1.36. The minimum Gasteiger partial charge on any atom is -0.490 e. The fraction of sp³-hybridized carbons (Fsp3) is 0.111. The van der Waals surface area contributed by atoms with Crippen LogP contribution in [0.4, 0.5) is 5.69 Å². The van der Waals surface area contributed by atoms with E-state index in [9.17, 15) is 14.9 Å². The average molecular weight is 422 g/mol. The van der Waals surface area contributed by atoms with E-state index in [-0.39, 0.29) is 51.8 Å². The van der Waals surface area contributed by atoms with Gasteiger partial charge in [-0.1, -0.05) is 12.1 Å². The van der Waals surface area contributed by atoms with Gasteiger partial charge in [0.25, 0.3) is 0 Å². The van der Waals surface area contributed by atoms with Crippen LogP contribution in [0.25, 0.3) is 10.9 Å². The van der Waals surface area contributed by atoms with Gasteiger partial charge in [-0.15, -0.1) is 17.0 Å². The highest BCUT2D eigenvalue weighted by molar-refractivity contribution is 8.93. The van der Waals surface area contributed by atoms with Crippen molar-refractivity contribution in [1.82, 2.24) is 0 Å². The number of nitrogens with zero attached hydrogens (tertiary/aromatic N) is 2. The summed E-state index contributed by atoms with van der Waals surface area (Å²) in [6, 6.07) is 15.8. The number of hydrogen-bond donors (Lipinski definition) is 0. The zero-order valence-electron chi connectivity index (χ0n) is 13.9. The Hall–Kier alpha value is -2.84. The second kappa shape index (κ2) is 9.02. The number of nitro benzene ring substituents is 1. The number of hydrogen-bond acceptors (Lipinski definition) is 4. The molecule has 26 heavy (non-hydrogen) atoms. The predicted molar refractivity (Wildman–Crippen MR) is 102 cm³/mol. The third-order valence-corrected chi connectivity index (χ3v) is 3.80. The Bertz CT molecular complexity index is 941. The lowest BCUT2D eigenvalue weighted by Crippen LogP contribution is -2.38. The maximum atomic E-state index is 12.5. The van der Waals surface area contributed by atoms with Crippen LogP contribution in [0.1, 0.15) is 10.4 Å². The molecule has 0 atom stereocenters.